The number of benzene rings is 3. The minimum atomic E-state index is -0.488. The lowest BCUT2D eigenvalue weighted by Crippen LogP contribution is -2.43. The Kier molecular flexibility index (Phi) is 7.30. The number of anilines is 1. The van der Waals surface area contributed by atoms with Crippen molar-refractivity contribution in [3.63, 3.8) is 0 Å². The van der Waals surface area contributed by atoms with E-state index in [0.29, 0.717) is 34.9 Å². The molecule has 0 bridgehead atoms. The van der Waals surface area contributed by atoms with Crippen LogP contribution < -0.4 is 5.32 Å². The number of nitriles is 1. The van der Waals surface area contributed by atoms with Gasteiger partial charge in [0, 0.05) is 29.4 Å². The number of likely N-dealkylation sites (tertiary alicyclic amines) is 1. The first-order valence-corrected chi connectivity index (χ1v) is 11.7. The summed E-state index contributed by atoms with van der Waals surface area (Å²) in [7, 11) is 0. The molecule has 2 atom stereocenters. The molecule has 1 heterocycles. The number of nitrogens with zero attached hydrogens (tertiary/aromatic N) is 2. The molecule has 4 rings (SSSR count). The first kappa shape index (κ1) is 23.5. The molecular weight excluding hydrogens is 446 g/mol. The van der Waals surface area contributed by atoms with Crippen molar-refractivity contribution in [3.05, 3.63) is 100 Å². The smallest absolute Gasteiger partial charge is 0.253 e. The third kappa shape index (κ3) is 5.30. The van der Waals surface area contributed by atoms with Crippen LogP contribution in [0.4, 0.5) is 5.69 Å². The molecule has 1 fully saturated rings. The topological polar surface area (TPSA) is 73.2 Å². The van der Waals surface area contributed by atoms with E-state index >= 15 is 0 Å². The van der Waals surface area contributed by atoms with Crippen LogP contribution in [0.1, 0.15) is 45.8 Å². The summed E-state index contributed by atoms with van der Waals surface area (Å²) < 4.78 is 0. The Morgan fingerprint density at radius 1 is 1.09 bits per heavy atom. The second-order valence-corrected chi connectivity index (χ2v) is 9.06. The third-order valence-electron chi connectivity index (χ3n) is 6.22. The van der Waals surface area contributed by atoms with E-state index in [2.05, 4.69) is 11.4 Å². The predicted molar refractivity (Wildman–Crippen MR) is 134 cm³/mol. The van der Waals surface area contributed by atoms with Crippen LogP contribution in [0.15, 0.2) is 72.8 Å². The largest absolute Gasteiger partial charge is 0.338 e. The fraction of sp³-hybridized carbons (Fsp3) is 0.250. The molecule has 1 aliphatic heterocycles. The highest BCUT2D eigenvalue weighted by molar-refractivity contribution is 6.31. The average molecular weight is 472 g/mol. The van der Waals surface area contributed by atoms with E-state index in [1.54, 1.807) is 23.1 Å². The van der Waals surface area contributed by atoms with Gasteiger partial charge in [-0.25, -0.2) is 0 Å². The van der Waals surface area contributed by atoms with Gasteiger partial charge in [0.15, 0.2) is 0 Å². The van der Waals surface area contributed by atoms with Crippen LogP contribution in [-0.4, -0.2) is 29.8 Å². The van der Waals surface area contributed by atoms with Gasteiger partial charge in [0.25, 0.3) is 5.91 Å². The molecule has 0 radical (unpaired) electrons. The van der Waals surface area contributed by atoms with Gasteiger partial charge in [0.2, 0.25) is 5.91 Å². The monoisotopic (exact) mass is 471 g/mol. The van der Waals surface area contributed by atoms with E-state index in [1.807, 2.05) is 61.5 Å². The lowest BCUT2D eigenvalue weighted by atomic mass is 9.92. The molecule has 1 N–H and O–H groups in total. The maximum absolute atomic E-state index is 13.0. The number of rotatable bonds is 5. The molecule has 3 aromatic rings. The summed E-state index contributed by atoms with van der Waals surface area (Å²) in [4.78, 5) is 27.6. The third-order valence-corrected chi connectivity index (χ3v) is 6.55. The zero-order chi connectivity index (χ0) is 24.1. The van der Waals surface area contributed by atoms with Crippen molar-refractivity contribution in [3.8, 4) is 6.07 Å². The molecular formula is C28H26ClN3O2. The SMILES string of the molecule is Cc1ccc(C(=O)N2CCCC(C(=O)Nc3ccc(C(C#N)c4ccccc4)c(Cl)c3)C2)cc1. The van der Waals surface area contributed by atoms with E-state index in [1.165, 1.54) is 0 Å². The lowest BCUT2D eigenvalue weighted by molar-refractivity contribution is -0.121. The average Bonchev–Trinajstić information content (AvgIpc) is 2.86. The fourth-order valence-corrected chi connectivity index (χ4v) is 4.60. The minimum Gasteiger partial charge on any atom is -0.338 e. The van der Waals surface area contributed by atoms with E-state index in [4.69, 9.17) is 11.6 Å². The van der Waals surface area contributed by atoms with Gasteiger partial charge in [-0.2, -0.15) is 5.26 Å². The van der Waals surface area contributed by atoms with Crippen LogP contribution in [0.5, 0.6) is 0 Å². The molecule has 1 saturated heterocycles. The summed E-state index contributed by atoms with van der Waals surface area (Å²) in [5.41, 5.74) is 3.87. The molecule has 2 amide bonds. The van der Waals surface area contributed by atoms with Crippen molar-refractivity contribution in [2.75, 3.05) is 18.4 Å². The Bertz CT molecular complexity index is 1220. The molecule has 6 heteroatoms. The van der Waals surface area contributed by atoms with E-state index in [-0.39, 0.29) is 17.7 Å². The van der Waals surface area contributed by atoms with Crippen LogP contribution in [0.2, 0.25) is 5.02 Å². The zero-order valence-corrected chi connectivity index (χ0v) is 19.8. The second-order valence-electron chi connectivity index (χ2n) is 8.65. The standard InChI is InChI=1S/C28H26ClN3O2/c1-19-9-11-21(12-10-19)28(34)32-15-5-8-22(18-32)27(33)31-23-13-14-24(26(29)16-23)25(17-30)20-6-3-2-4-7-20/h2-4,6-7,9-14,16,22,25H,5,8,15,18H2,1H3,(H,31,33). The van der Waals surface area contributed by atoms with E-state index in [9.17, 15) is 14.9 Å². The van der Waals surface area contributed by atoms with Gasteiger partial charge in [-0.1, -0.05) is 65.7 Å². The Balaban J connectivity index is 1.43. The molecule has 5 nitrogen and oxygen atoms in total. The normalized spacial score (nSPS) is 16.4. The quantitative estimate of drug-likeness (QED) is 0.511. The number of aryl methyl sites for hydroxylation is 1. The van der Waals surface area contributed by atoms with Crippen LogP contribution in [0.3, 0.4) is 0 Å². The molecule has 2 unspecified atom stereocenters. The molecule has 0 spiro atoms. The van der Waals surface area contributed by atoms with Crippen molar-refractivity contribution in [1.82, 2.24) is 4.90 Å². The van der Waals surface area contributed by atoms with Crippen molar-refractivity contribution >= 4 is 29.1 Å². The number of hydrogen-bond donors (Lipinski definition) is 1. The molecule has 0 aliphatic carbocycles. The summed E-state index contributed by atoms with van der Waals surface area (Å²) >= 11 is 6.51. The number of hydrogen-bond acceptors (Lipinski definition) is 3. The van der Waals surface area contributed by atoms with Crippen molar-refractivity contribution < 1.29 is 9.59 Å². The predicted octanol–water partition coefficient (Wildman–Crippen LogP) is 5.79. The van der Waals surface area contributed by atoms with Crippen LogP contribution >= 0.6 is 11.6 Å². The number of halogens is 1. The maximum atomic E-state index is 13.0. The summed E-state index contributed by atoms with van der Waals surface area (Å²) in [6.07, 6.45) is 1.50. The van der Waals surface area contributed by atoms with Gasteiger partial charge in [-0.15, -0.1) is 0 Å². The van der Waals surface area contributed by atoms with Gasteiger partial charge >= 0.3 is 0 Å². The second kappa shape index (κ2) is 10.5. The molecule has 172 valence electrons. The van der Waals surface area contributed by atoms with Gasteiger partial charge in [0.05, 0.1) is 17.9 Å². The van der Waals surface area contributed by atoms with Crippen molar-refractivity contribution in [1.29, 1.82) is 5.26 Å². The van der Waals surface area contributed by atoms with Crippen LogP contribution in [-0.2, 0) is 4.79 Å². The molecule has 1 aliphatic rings. The maximum Gasteiger partial charge on any atom is 0.253 e. The number of piperidine rings is 1. The number of carbonyl (C=O) groups excluding carboxylic acids is 2. The number of carbonyl (C=O) groups is 2. The van der Waals surface area contributed by atoms with Gasteiger partial charge in [-0.3, -0.25) is 9.59 Å². The lowest BCUT2D eigenvalue weighted by Gasteiger charge is -2.32. The highest BCUT2D eigenvalue weighted by Crippen LogP contribution is 2.32. The van der Waals surface area contributed by atoms with E-state index < -0.39 is 5.92 Å². The van der Waals surface area contributed by atoms with E-state index in [0.717, 1.165) is 24.0 Å². The molecule has 0 saturated carbocycles. The van der Waals surface area contributed by atoms with Gasteiger partial charge in [-0.05, 0) is 55.2 Å². The summed E-state index contributed by atoms with van der Waals surface area (Å²) in [6.45, 7) is 3.01. The van der Waals surface area contributed by atoms with Gasteiger partial charge < -0.3 is 10.2 Å². The first-order valence-electron chi connectivity index (χ1n) is 11.4. The van der Waals surface area contributed by atoms with Crippen molar-refractivity contribution in [2.45, 2.75) is 25.7 Å². The fourth-order valence-electron chi connectivity index (χ4n) is 4.31. The molecule has 34 heavy (non-hydrogen) atoms. The highest BCUT2D eigenvalue weighted by atomic mass is 35.5. The van der Waals surface area contributed by atoms with Crippen LogP contribution in [0.25, 0.3) is 0 Å². The highest BCUT2D eigenvalue weighted by Gasteiger charge is 2.29. The zero-order valence-electron chi connectivity index (χ0n) is 19.0. The first-order chi connectivity index (χ1) is 16.5. The summed E-state index contributed by atoms with van der Waals surface area (Å²) in [5.74, 6) is -0.964. The molecule has 0 aromatic heterocycles. The Labute approximate surface area is 205 Å². The Hall–Kier alpha value is -3.62. The molecule has 3 aromatic carbocycles. The van der Waals surface area contributed by atoms with Crippen molar-refractivity contribution in [2.24, 2.45) is 5.92 Å². The minimum absolute atomic E-state index is 0.0478. The number of nitrogens with one attached hydrogen (secondary N) is 1. The number of amides is 2. The van der Waals surface area contributed by atoms with Gasteiger partial charge in [0.1, 0.15) is 0 Å². The summed E-state index contributed by atoms with van der Waals surface area (Å²) in [5, 5.41) is 13.1. The Morgan fingerprint density at radius 3 is 2.50 bits per heavy atom. The Morgan fingerprint density at radius 2 is 1.82 bits per heavy atom. The van der Waals surface area contributed by atoms with Crippen LogP contribution in [0, 0.1) is 24.2 Å². The summed E-state index contributed by atoms with van der Waals surface area (Å²) in [6, 6.07) is 24.5.